The fourth-order valence-electron chi connectivity index (χ4n) is 1.56. The fraction of sp³-hybridized carbons (Fsp3) is 0.111. The molecule has 0 N–H and O–H groups in total. The number of hydrogen-bond donors (Lipinski definition) is 0. The van der Waals surface area contributed by atoms with E-state index in [2.05, 4.69) is 43.1 Å². The summed E-state index contributed by atoms with van der Waals surface area (Å²) < 4.78 is 16.0. The van der Waals surface area contributed by atoms with Crippen LogP contribution in [-0.4, -0.2) is 15.3 Å². The smallest absolute Gasteiger partial charge is 0.165 e. The van der Waals surface area contributed by atoms with Crippen LogP contribution in [0.25, 0.3) is 10.9 Å². The molecule has 0 amide bonds. The van der Waals surface area contributed by atoms with Gasteiger partial charge in [-0.2, -0.15) is 5.10 Å². The summed E-state index contributed by atoms with van der Waals surface area (Å²) in [6.45, 7) is 1.32. The number of carbonyl (C=O) groups is 1. The quantitative estimate of drug-likeness (QED) is 0.291. The van der Waals surface area contributed by atoms with Gasteiger partial charge in [-0.05, 0) is 44.9 Å². The van der Waals surface area contributed by atoms with Gasteiger partial charge in [-0.3, -0.25) is 4.79 Å². The van der Waals surface area contributed by atoms with Crippen molar-refractivity contribution in [2.75, 3.05) is 0 Å². The summed E-state index contributed by atoms with van der Waals surface area (Å²) >= 11 is 11.2. The second kappa shape index (κ2) is 5.07. The van der Waals surface area contributed by atoms with Crippen molar-refractivity contribution in [1.82, 2.24) is 9.55 Å². The molecule has 3 nitrogen and oxygen atoms in total. The summed E-state index contributed by atoms with van der Waals surface area (Å²) in [5.41, 5.74) is 0.480. The van der Waals surface area contributed by atoms with E-state index in [1.54, 1.807) is 10.6 Å². The Kier molecular flexibility index (Phi) is 4.07. The van der Waals surface area contributed by atoms with Gasteiger partial charge >= 0.3 is 0 Å². The molecular weight excluding hydrogens is 444 g/mol. The monoisotopic (exact) mass is 448 g/mol. The van der Waals surface area contributed by atoms with Crippen LogP contribution < -0.4 is 0 Å². The highest BCUT2D eigenvalue weighted by Gasteiger charge is 2.23. The van der Waals surface area contributed by atoms with Gasteiger partial charge < -0.3 is 0 Å². The maximum absolute atomic E-state index is 14.0. The first-order chi connectivity index (χ1) is 7.99. The van der Waals surface area contributed by atoms with Gasteiger partial charge in [-0.25, -0.2) is 8.84 Å². The summed E-state index contributed by atoms with van der Waals surface area (Å²) in [5, 5.41) is 4.67. The first kappa shape index (κ1) is 13.6. The van der Waals surface area contributed by atoms with Crippen molar-refractivity contribution >= 4 is 72.6 Å². The molecular formula is C9H5BrClFIN2OP. The van der Waals surface area contributed by atoms with Gasteiger partial charge in [0.2, 0.25) is 0 Å². The van der Waals surface area contributed by atoms with Crippen molar-refractivity contribution in [2.45, 2.75) is 6.92 Å². The number of Topliss-reactive ketones (excluding diaryl/α,β-unsaturated/α-hetero) is 1. The molecule has 0 aliphatic rings. The van der Waals surface area contributed by atoms with E-state index in [9.17, 15) is 9.18 Å². The third-order valence-electron chi connectivity index (χ3n) is 2.28. The molecule has 0 bridgehead atoms. The number of aromatic nitrogens is 2. The van der Waals surface area contributed by atoms with Crippen molar-refractivity contribution in [3.8, 4) is 0 Å². The molecule has 2 rings (SSSR count). The van der Waals surface area contributed by atoms with Crippen LogP contribution in [0, 0.1) is 5.82 Å². The summed E-state index contributed by atoms with van der Waals surface area (Å²) in [6, 6.07) is 0. The van der Waals surface area contributed by atoms with Crippen LogP contribution in [0.5, 0.6) is 0 Å². The zero-order chi connectivity index (χ0) is 12.7. The second-order valence-electron chi connectivity index (χ2n) is 3.28. The molecule has 0 aliphatic heterocycles. The molecule has 1 atom stereocenters. The van der Waals surface area contributed by atoms with Gasteiger partial charge in [0.25, 0.3) is 0 Å². The lowest BCUT2D eigenvalue weighted by atomic mass is 10.1. The highest BCUT2D eigenvalue weighted by molar-refractivity contribution is 14.2. The molecule has 8 heteroatoms. The van der Waals surface area contributed by atoms with Crippen LogP contribution in [0.3, 0.4) is 0 Å². The van der Waals surface area contributed by atoms with E-state index < -0.39 is 5.82 Å². The Bertz CT molecular complexity index is 633. The number of rotatable bonds is 2. The zero-order valence-corrected chi connectivity index (χ0v) is 13.9. The van der Waals surface area contributed by atoms with E-state index in [1.807, 2.05) is 0 Å². The molecule has 1 unspecified atom stereocenters. The van der Waals surface area contributed by atoms with Gasteiger partial charge in [-0.1, -0.05) is 11.6 Å². The molecule has 0 saturated heterocycles. The number of ketones is 1. The maximum atomic E-state index is 14.0. The van der Waals surface area contributed by atoms with Crippen molar-refractivity contribution < 1.29 is 9.18 Å². The average Bonchev–Trinajstić information content (AvgIpc) is 2.69. The minimum absolute atomic E-state index is 0.00475. The van der Waals surface area contributed by atoms with Gasteiger partial charge in [0, 0.05) is 5.39 Å². The molecule has 0 radical (unpaired) electrons. The number of carbonyl (C=O) groups excluding carboxylic acids is 1. The van der Waals surface area contributed by atoms with E-state index in [0.717, 1.165) is 0 Å². The Hall–Kier alpha value is 0.220. The minimum Gasteiger partial charge on any atom is -0.294 e. The lowest BCUT2D eigenvalue weighted by Crippen LogP contribution is -2.02. The second-order valence-corrected chi connectivity index (χ2v) is 6.49. The van der Waals surface area contributed by atoms with Crippen molar-refractivity contribution in [3.63, 3.8) is 0 Å². The number of halogens is 4. The molecule has 0 saturated carbocycles. The molecule has 1 aromatic carbocycles. The summed E-state index contributed by atoms with van der Waals surface area (Å²) in [4.78, 5) is 11.6. The maximum Gasteiger partial charge on any atom is 0.165 e. The highest BCUT2D eigenvalue weighted by Crippen LogP contribution is 2.39. The Labute approximate surface area is 125 Å². The third-order valence-corrected chi connectivity index (χ3v) is 5.56. The third kappa shape index (κ3) is 2.13. The molecule has 90 valence electrons. The van der Waals surface area contributed by atoms with Gasteiger partial charge in [-0.15, -0.1) is 0 Å². The Morgan fingerprint density at radius 2 is 2.35 bits per heavy atom. The van der Waals surface area contributed by atoms with E-state index >= 15 is 0 Å². The lowest BCUT2D eigenvalue weighted by Gasteiger charge is -2.08. The first-order valence-corrected chi connectivity index (χ1v) is 9.64. The largest absolute Gasteiger partial charge is 0.294 e. The first-order valence-electron chi connectivity index (χ1n) is 4.40. The Balaban J connectivity index is 3.03. The SMILES string of the molecule is CC(=O)c1c(F)c(Cl)c(Br)c2cnn(PI)c12. The van der Waals surface area contributed by atoms with Crippen LogP contribution in [0.1, 0.15) is 17.3 Å². The molecule has 0 spiro atoms. The van der Waals surface area contributed by atoms with Gasteiger partial charge in [0.15, 0.2) is 11.6 Å². The number of benzene rings is 1. The fourth-order valence-corrected chi connectivity index (χ4v) is 3.74. The number of nitrogens with zero attached hydrogens (tertiary/aromatic N) is 2. The number of fused-ring (bicyclic) bond motifs is 1. The molecule has 2 aromatic rings. The van der Waals surface area contributed by atoms with E-state index in [1.165, 1.54) is 6.92 Å². The molecule has 17 heavy (non-hydrogen) atoms. The van der Waals surface area contributed by atoms with Crippen molar-refractivity contribution in [2.24, 2.45) is 0 Å². The topological polar surface area (TPSA) is 34.9 Å². The number of hydrogen-bond acceptors (Lipinski definition) is 2. The zero-order valence-electron chi connectivity index (χ0n) is 8.39. The molecule has 0 fully saturated rings. The van der Waals surface area contributed by atoms with E-state index in [-0.39, 0.29) is 22.7 Å². The lowest BCUT2D eigenvalue weighted by molar-refractivity contribution is 0.101. The van der Waals surface area contributed by atoms with Crippen LogP contribution in [0.4, 0.5) is 4.39 Å². The Morgan fingerprint density at radius 1 is 1.71 bits per heavy atom. The highest BCUT2D eigenvalue weighted by atomic mass is 127. The minimum atomic E-state index is -0.699. The molecule has 1 heterocycles. The summed E-state index contributed by atoms with van der Waals surface area (Å²) in [5.74, 6) is -1.06. The van der Waals surface area contributed by atoms with E-state index in [0.29, 0.717) is 15.4 Å². The van der Waals surface area contributed by atoms with Crippen LogP contribution >= 0.6 is 55.9 Å². The predicted molar refractivity (Wildman–Crippen MR) is 80.1 cm³/mol. The van der Waals surface area contributed by atoms with Crippen molar-refractivity contribution in [1.29, 1.82) is 0 Å². The molecule has 1 aromatic heterocycles. The van der Waals surface area contributed by atoms with Gasteiger partial charge in [0.05, 0.1) is 33.1 Å². The summed E-state index contributed by atoms with van der Waals surface area (Å²) in [7, 11) is 0. The van der Waals surface area contributed by atoms with Crippen molar-refractivity contribution in [3.05, 3.63) is 27.1 Å². The van der Waals surface area contributed by atoms with Crippen LogP contribution in [-0.2, 0) is 0 Å². The summed E-state index contributed by atoms with van der Waals surface area (Å²) in [6.07, 6.45) is 1.85. The van der Waals surface area contributed by atoms with Crippen LogP contribution in [0.15, 0.2) is 10.7 Å². The standard InChI is InChI=1S/C9H5BrClFIN2OP/c1-3(16)5-8(12)7(11)6(10)4-2-14-15(17-13)9(4)5/h2,17H,1H3. The predicted octanol–water partition coefficient (Wildman–Crippen LogP) is 4.59. The normalized spacial score (nSPS) is 11.8. The van der Waals surface area contributed by atoms with Gasteiger partial charge in [0.1, 0.15) is 0 Å². The molecule has 0 aliphatic carbocycles. The van der Waals surface area contributed by atoms with E-state index in [4.69, 9.17) is 11.6 Å². The Morgan fingerprint density at radius 3 is 2.88 bits per heavy atom. The average molecular weight is 449 g/mol. The van der Waals surface area contributed by atoms with Crippen LogP contribution in [0.2, 0.25) is 5.02 Å².